The molecule has 0 aromatic rings. The van der Waals surface area contributed by atoms with Crippen LogP contribution in [0.1, 0.15) is 26.7 Å². The molecule has 0 aromatic carbocycles. The quantitative estimate of drug-likeness (QED) is 0.626. The fraction of sp³-hybridized carbons (Fsp3) is 0.667. The zero-order valence-electron chi connectivity index (χ0n) is 7.50. The molecule has 0 N–H and O–H groups in total. The standard InChI is InChI=1S/C9H13N2O/c1-3-12-9-8(7-4-5-7)6(2)10-11-9/h7H,3-5H2,1-2H3. The zero-order valence-corrected chi connectivity index (χ0v) is 7.50. The van der Waals surface area contributed by atoms with Gasteiger partial charge in [0.2, 0.25) is 5.88 Å². The highest BCUT2D eigenvalue weighted by Crippen LogP contribution is 2.40. The first kappa shape index (κ1) is 7.65. The van der Waals surface area contributed by atoms with Crippen molar-refractivity contribution >= 4 is 5.71 Å². The average Bonchev–Trinajstić information content (AvgIpc) is 2.80. The van der Waals surface area contributed by atoms with Gasteiger partial charge in [0.25, 0.3) is 0 Å². The molecular formula is C9H13N2O. The molecule has 1 heterocycles. The molecule has 1 aliphatic carbocycles. The molecule has 1 radical (unpaired) electrons. The lowest BCUT2D eigenvalue weighted by atomic mass is 10.1. The van der Waals surface area contributed by atoms with E-state index in [-0.39, 0.29) is 0 Å². The lowest BCUT2D eigenvalue weighted by Crippen LogP contribution is -2.03. The monoisotopic (exact) mass is 165 g/mol. The van der Waals surface area contributed by atoms with E-state index in [1.807, 2.05) is 13.8 Å². The SMILES string of the molecule is CCOC1=C(C2CC2)C(C)=N[N]1. The van der Waals surface area contributed by atoms with Crippen LogP contribution in [0.3, 0.4) is 0 Å². The average molecular weight is 165 g/mol. The molecular weight excluding hydrogens is 152 g/mol. The van der Waals surface area contributed by atoms with Gasteiger partial charge in [-0.25, -0.2) is 0 Å². The molecule has 0 atom stereocenters. The number of nitrogens with zero attached hydrogens (tertiary/aromatic N) is 2. The van der Waals surface area contributed by atoms with Crippen molar-refractivity contribution in [1.29, 1.82) is 0 Å². The van der Waals surface area contributed by atoms with Crippen LogP contribution in [0.25, 0.3) is 0 Å². The summed E-state index contributed by atoms with van der Waals surface area (Å²) in [5.74, 6) is 1.44. The van der Waals surface area contributed by atoms with Crippen LogP contribution in [0.4, 0.5) is 0 Å². The normalized spacial score (nSPS) is 22.3. The summed E-state index contributed by atoms with van der Waals surface area (Å²) >= 11 is 0. The number of ether oxygens (including phenoxy) is 1. The van der Waals surface area contributed by atoms with E-state index in [9.17, 15) is 0 Å². The van der Waals surface area contributed by atoms with Crippen molar-refractivity contribution in [3.8, 4) is 0 Å². The van der Waals surface area contributed by atoms with Gasteiger partial charge >= 0.3 is 0 Å². The molecule has 3 nitrogen and oxygen atoms in total. The van der Waals surface area contributed by atoms with Crippen LogP contribution in [-0.4, -0.2) is 12.3 Å². The van der Waals surface area contributed by atoms with E-state index >= 15 is 0 Å². The highest BCUT2D eigenvalue weighted by Gasteiger charge is 2.34. The van der Waals surface area contributed by atoms with Crippen molar-refractivity contribution < 1.29 is 4.74 Å². The molecule has 1 saturated carbocycles. The molecule has 0 unspecified atom stereocenters. The predicted octanol–water partition coefficient (Wildman–Crippen LogP) is 1.64. The van der Waals surface area contributed by atoms with Gasteiger partial charge in [-0.15, -0.1) is 5.43 Å². The van der Waals surface area contributed by atoms with E-state index < -0.39 is 0 Å². The molecule has 0 spiro atoms. The smallest absolute Gasteiger partial charge is 0.238 e. The highest BCUT2D eigenvalue weighted by atomic mass is 16.5. The van der Waals surface area contributed by atoms with Crippen LogP contribution in [0.15, 0.2) is 16.6 Å². The first-order valence-electron chi connectivity index (χ1n) is 4.45. The summed E-state index contributed by atoms with van der Waals surface area (Å²) in [6, 6.07) is 0. The minimum atomic E-state index is 0.678. The molecule has 0 bridgehead atoms. The van der Waals surface area contributed by atoms with E-state index in [1.54, 1.807) is 0 Å². The Kier molecular flexibility index (Phi) is 1.79. The minimum absolute atomic E-state index is 0.678. The molecule has 0 saturated heterocycles. The van der Waals surface area contributed by atoms with Crippen LogP contribution < -0.4 is 5.43 Å². The van der Waals surface area contributed by atoms with Crippen molar-refractivity contribution in [3.63, 3.8) is 0 Å². The summed E-state index contributed by atoms with van der Waals surface area (Å²) < 4.78 is 5.39. The molecule has 2 aliphatic rings. The molecule has 0 amide bonds. The molecule has 3 heteroatoms. The van der Waals surface area contributed by atoms with Gasteiger partial charge in [-0.1, -0.05) is 0 Å². The van der Waals surface area contributed by atoms with Crippen molar-refractivity contribution in [2.24, 2.45) is 11.0 Å². The maximum absolute atomic E-state index is 5.39. The van der Waals surface area contributed by atoms with E-state index in [0.29, 0.717) is 12.5 Å². The largest absolute Gasteiger partial charge is 0.477 e. The Morgan fingerprint density at radius 3 is 2.83 bits per heavy atom. The highest BCUT2D eigenvalue weighted by molar-refractivity contribution is 6.00. The second-order valence-corrected chi connectivity index (χ2v) is 3.21. The predicted molar refractivity (Wildman–Crippen MR) is 46.6 cm³/mol. The first-order valence-corrected chi connectivity index (χ1v) is 4.45. The lowest BCUT2D eigenvalue weighted by molar-refractivity contribution is 0.204. The van der Waals surface area contributed by atoms with E-state index in [0.717, 1.165) is 11.6 Å². The fourth-order valence-electron chi connectivity index (χ4n) is 1.47. The Morgan fingerprint density at radius 2 is 2.25 bits per heavy atom. The summed E-state index contributed by atoms with van der Waals surface area (Å²) in [6.45, 7) is 4.65. The van der Waals surface area contributed by atoms with Crippen LogP contribution in [0, 0.1) is 5.92 Å². The van der Waals surface area contributed by atoms with Crippen molar-refractivity contribution in [1.82, 2.24) is 5.43 Å². The Bertz CT molecular complexity index is 251. The van der Waals surface area contributed by atoms with Gasteiger partial charge in [0.05, 0.1) is 12.3 Å². The van der Waals surface area contributed by atoms with Gasteiger partial charge in [-0.05, 0) is 32.6 Å². The first-order chi connectivity index (χ1) is 5.83. The molecule has 0 aromatic heterocycles. The maximum Gasteiger partial charge on any atom is 0.238 e. The number of allylic oxidation sites excluding steroid dienone is 1. The van der Waals surface area contributed by atoms with Crippen molar-refractivity contribution in [3.05, 3.63) is 11.5 Å². The molecule has 2 rings (SSSR count). The Hall–Kier alpha value is -0.990. The van der Waals surface area contributed by atoms with Gasteiger partial charge in [0.15, 0.2) is 0 Å². The third-order valence-corrected chi connectivity index (χ3v) is 2.18. The number of hydrogen-bond acceptors (Lipinski definition) is 2. The summed E-state index contributed by atoms with van der Waals surface area (Å²) in [6.07, 6.45) is 2.54. The zero-order chi connectivity index (χ0) is 8.55. The van der Waals surface area contributed by atoms with Gasteiger partial charge in [0, 0.05) is 5.57 Å². The molecule has 1 aliphatic heterocycles. The van der Waals surface area contributed by atoms with Crippen LogP contribution in [0.2, 0.25) is 0 Å². The summed E-state index contributed by atoms with van der Waals surface area (Å²) in [5, 5.41) is 4.02. The maximum atomic E-state index is 5.39. The minimum Gasteiger partial charge on any atom is -0.477 e. The third-order valence-electron chi connectivity index (χ3n) is 2.18. The molecule has 1 fully saturated rings. The van der Waals surface area contributed by atoms with Crippen molar-refractivity contribution in [2.75, 3.05) is 6.61 Å². The Labute approximate surface area is 72.5 Å². The number of rotatable bonds is 3. The fourth-order valence-corrected chi connectivity index (χ4v) is 1.47. The van der Waals surface area contributed by atoms with Crippen molar-refractivity contribution in [2.45, 2.75) is 26.7 Å². The van der Waals surface area contributed by atoms with E-state index in [4.69, 9.17) is 4.74 Å². The Balaban J connectivity index is 2.17. The van der Waals surface area contributed by atoms with Gasteiger partial charge in [-0.3, -0.25) is 0 Å². The number of hydrogen-bond donors (Lipinski definition) is 0. The Morgan fingerprint density at radius 1 is 1.50 bits per heavy atom. The van der Waals surface area contributed by atoms with Crippen LogP contribution in [-0.2, 0) is 4.74 Å². The molecule has 12 heavy (non-hydrogen) atoms. The van der Waals surface area contributed by atoms with Gasteiger partial charge in [-0.2, -0.15) is 5.10 Å². The third kappa shape index (κ3) is 1.19. The summed E-state index contributed by atoms with van der Waals surface area (Å²) in [4.78, 5) is 0. The van der Waals surface area contributed by atoms with E-state index in [1.165, 1.54) is 18.4 Å². The topological polar surface area (TPSA) is 35.7 Å². The lowest BCUT2D eigenvalue weighted by Gasteiger charge is -2.04. The van der Waals surface area contributed by atoms with Gasteiger partial charge < -0.3 is 4.74 Å². The van der Waals surface area contributed by atoms with Crippen LogP contribution in [0.5, 0.6) is 0 Å². The summed E-state index contributed by atoms with van der Waals surface area (Å²) in [7, 11) is 0. The van der Waals surface area contributed by atoms with Crippen LogP contribution >= 0.6 is 0 Å². The summed E-state index contributed by atoms with van der Waals surface area (Å²) in [5.41, 5.74) is 6.28. The van der Waals surface area contributed by atoms with Gasteiger partial charge in [0.1, 0.15) is 0 Å². The second kappa shape index (κ2) is 2.81. The van der Waals surface area contributed by atoms with E-state index in [2.05, 4.69) is 10.5 Å². The molecule has 65 valence electrons. The second-order valence-electron chi connectivity index (χ2n) is 3.21.